The van der Waals surface area contributed by atoms with Crippen molar-refractivity contribution in [1.29, 1.82) is 0 Å². The monoisotopic (exact) mass is 442 g/mol. The van der Waals surface area contributed by atoms with Crippen molar-refractivity contribution in [3.05, 3.63) is 107 Å². The molecule has 0 heterocycles. The van der Waals surface area contributed by atoms with Gasteiger partial charge in [-0.05, 0) is 96.5 Å². The van der Waals surface area contributed by atoms with E-state index in [0.29, 0.717) is 24.3 Å². The summed E-state index contributed by atoms with van der Waals surface area (Å²) in [4.78, 5) is 0. The first kappa shape index (κ1) is 22.1. The largest absolute Gasteiger partial charge is 0.508 e. The molecule has 0 radical (unpaired) electrons. The number of aromatic hydroxyl groups is 4. The van der Waals surface area contributed by atoms with Crippen molar-refractivity contribution in [2.24, 2.45) is 0 Å². The van der Waals surface area contributed by atoms with Gasteiger partial charge < -0.3 is 25.2 Å². The minimum absolute atomic E-state index is 0.0443. The second-order valence-electron chi connectivity index (χ2n) is 8.08. The van der Waals surface area contributed by atoms with E-state index in [1.807, 2.05) is 48.5 Å². The molecule has 0 amide bonds. The molecule has 0 aliphatic carbocycles. The summed E-state index contributed by atoms with van der Waals surface area (Å²) >= 11 is 0. The van der Waals surface area contributed by atoms with Crippen molar-refractivity contribution >= 4 is 0 Å². The Morgan fingerprint density at radius 3 is 1.82 bits per heavy atom. The van der Waals surface area contributed by atoms with Crippen LogP contribution in [0.4, 0.5) is 0 Å². The summed E-state index contributed by atoms with van der Waals surface area (Å²) in [7, 11) is 0. The number of ether oxygens (including phenoxy) is 1. The number of hydrogen-bond donors (Lipinski definition) is 4. The molecule has 0 aromatic heterocycles. The van der Waals surface area contributed by atoms with Crippen molar-refractivity contribution < 1.29 is 25.2 Å². The molecule has 4 aromatic carbocycles. The molecule has 168 valence electrons. The van der Waals surface area contributed by atoms with Crippen LogP contribution >= 0.6 is 0 Å². The van der Waals surface area contributed by atoms with Crippen molar-refractivity contribution in [3.63, 3.8) is 0 Å². The third-order valence-corrected chi connectivity index (χ3v) is 5.45. The lowest BCUT2D eigenvalue weighted by Crippen LogP contribution is -1.94. The zero-order chi connectivity index (χ0) is 23.2. The highest BCUT2D eigenvalue weighted by molar-refractivity contribution is 5.45. The molecular formula is C28H26O5. The second-order valence-corrected chi connectivity index (χ2v) is 8.08. The minimum atomic E-state index is 0.0443. The molecule has 0 fully saturated rings. The van der Waals surface area contributed by atoms with E-state index in [1.165, 1.54) is 6.07 Å². The third kappa shape index (κ3) is 6.20. The Kier molecular flexibility index (Phi) is 6.69. The third-order valence-electron chi connectivity index (χ3n) is 5.45. The topological polar surface area (TPSA) is 90.2 Å². The van der Waals surface area contributed by atoms with E-state index in [-0.39, 0.29) is 23.0 Å². The predicted octanol–water partition coefficient (Wildman–Crippen LogP) is 5.87. The highest BCUT2D eigenvalue weighted by Gasteiger charge is 2.08. The van der Waals surface area contributed by atoms with Crippen LogP contribution < -0.4 is 4.74 Å². The van der Waals surface area contributed by atoms with Gasteiger partial charge in [-0.2, -0.15) is 0 Å². The summed E-state index contributed by atoms with van der Waals surface area (Å²) < 4.78 is 5.99. The van der Waals surface area contributed by atoms with E-state index in [2.05, 4.69) is 0 Å². The van der Waals surface area contributed by atoms with Crippen LogP contribution in [0.25, 0.3) is 0 Å². The van der Waals surface area contributed by atoms with Crippen molar-refractivity contribution in [3.8, 4) is 34.5 Å². The molecule has 4 rings (SSSR count). The maximum absolute atomic E-state index is 10.3. The molecule has 0 atom stereocenters. The van der Waals surface area contributed by atoms with Crippen molar-refractivity contribution in [1.82, 2.24) is 0 Å². The molecule has 0 spiro atoms. The SMILES string of the molecule is Oc1ccc(CCc2ccc(O)c(Oc3cccc(CCc4cc(O)cc(O)c4)c3)c2)cc1. The van der Waals surface area contributed by atoms with Crippen LogP contribution in [0, 0.1) is 0 Å². The van der Waals surface area contributed by atoms with Gasteiger partial charge in [0.1, 0.15) is 23.0 Å². The molecule has 4 aromatic rings. The van der Waals surface area contributed by atoms with Gasteiger partial charge in [-0.25, -0.2) is 0 Å². The maximum Gasteiger partial charge on any atom is 0.169 e. The van der Waals surface area contributed by atoms with Gasteiger partial charge in [-0.1, -0.05) is 30.3 Å². The molecule has 0 aliphatic heterocycles. The summed E-state index contributed by atoms with van der Waals surface area (Å²) in [6.07, 6.45) is 2.95. The molecule has 0 saturated carbocycles. The average Bonchev–Trinajstić information content (AvgIpc) is 2.79. The maximum atomic E-state index is 10.3. The van der Waals surface area contributed by atoms with Crippen LogP contribution in [0.15, 0.2) is 84.9 Å². The van der Waals surface area contributed by atoms with Crippen LogP contribution in [0.1, 0.15) is 22.3 Å². The van der Waals surface area contributed by atoms with E-state index < -0.39 is 0 Å². The molecule has 0 saturated heterocycles. The molecular weight excluding hydrogens is 416 g/mol. The Morgan fingerprint density at radius 1 is 0.485 bits per heavy atom. The van der Waals surface area contributed by atoms with Crippen molar-refractivity contribution in [2.45, 2.75) is 25.7 Å². The lowest BCUT2D eigenvalue weighted by atomic mass is 10.0. The summed E-state index contributed by atoms with van der Waals surface area (Å²) in [6.45, 7) is 0. The molecule has 0 aliphatic rings. The number of hydrogen-bond acceptors (Lipinski definition) is 5. The fourth-order valence-electron chi connectivity index (χ4n) is 3.73. The second kappa shape index (κ2) is 10.0. The molecule has 0 bridgehead atoms. The Morgan fingerprint density at radius 2 is 1.09 bits per heavy atom. The summed E-state index contributed by atoms with van der Waals surface area (Å²) in [6, 6.07) is 24.8. The Labute approximate surface area is 192 Å². The number of phenolic OH excluding ortho intramolecular Hbond substituents is 4. The fraction of sp³-hybridized carbons (Fsp3) is 0.143. The molecule has 0 unspecified atom stereocenters. The zero-order valence-electron chi connectivity index (χ0n) is 18.1. The van der Waals surface area contributed by atoms with Gasteiger partial charge in [0.25, 0.3) is 0 Å². The molecule has 5 heteroatoms. The average molecular weight is 443 g/mol. The van der Waals surface area contributed by atoms with Crippen LogP contribution in [-0.2, 0) is 25.7 Å². The quantitative estimate of drug-likeness (QED) is 0.274. The highest BCUT2D eigenvalue weighted by atomic mass is 16.5. The molecule has 4 N–H and O–H groups in total. The van der Waals surface area contributed by atoms with Gasteiger partial charge in [0.2, 0.25) is 0 Å². The molecule has 5 nitrogen and oxygen atoms in total. The minimum Gasteiger partial charge on any atom is -0.508 e. The van der Waals surface area contributed by atoms with Gasteiger partial charge in [0, 0.05) is 6.07 Å². The van der Waals surface area contributed by atoms with Gasteiger partial charge in [0.05, 0.1) is 0 Å². The fourth-order valence-corrected chi connectivity index (χ4v) is 3.73. The van der Waals surface area contributed by atoms with Crippen LogP contribution in [-0.4, -0.2) is 20.4 Å². The standard InChI is InChI=1S/C28H26O5/c29-23-11-8-19(9-12-23)4-5-21-10-13-27(32)28(17-21)33-26-3-1-2-20(16-26)6-7-22-14-24(30)18-25(31)15-22/h1-3,8-18,29-32H,4-7H2. The Balaban J connectivity index is 1.41. The normalized spacial score (nSPS) is 10.8. The lowest BCUT2D eigenvalue weighted by molar-refractivity contribution is 0.410. The summed E-state index contributed by atoms with van der Waals surface area (Å²) in [5.41, 5.74) is 4.04. The van der Waals surface area contributed by atoms with Gasteiger partial charge in [0.15, 0.2) is 11.5 Å². The van der Waals surface area contributed by atoms with Crippen molar-refractivity contribution in [2.75, 3.05) is 0 Å². The lowest BCUT2D eigenvalue weighted by Gasteiger charge is -2.11. The first-order valence-corrected chi connectivity index (χ1v) is 10.8. The number of benzene rings is 4. The van der Waals surface area contributed by atoms with Crippen LogP contribution in [0.2, 0.25) is 0 Å². The van der Waals surface area contributed by atoms with E-state index in [4.69, 9.17) is 4.74 Å². The first-order valence-electron chi connectivity index (χ1n) is 10.8. The highest BCUT2D eigenvalue weighted by Crippen LogP contribution is 2.32. The number of rotatable bonds is 8. The number of aryl methyl sites for hydroxylation is 4. The number of phenols is 4. The van der Waals surface area contributed by atoms with E-state index in [9.17, 15) is 20.4 Å². The Bertz CT molecular complexity index is 1210. The van der Waals surface area contributed by atoms with Crippen LogP contribution in [0.5, 0.6) is 34.5 Å². The van der Waals surface area contributed by atoms with Gasteiger partial charge in [-0.15, -0.1) is 0 Å². The molecule has 33 heavy (non-hydrogen) atoms. The zero-order valence-corrected chi connectivity index (χ0v) is 18.1. The first-order chi connectivity index (χ1) is 15.9. The predicted molar refractivity (Wildman–Crippen MR) is 127 cm³/mol. The van der Waals surface area contributed by atoms with E-state index >= 15 is 0 Å². The van der Waals surface area contributed by atoms with Gasteiger partial charge >= 0.3 is 0 Å². The smallest absolute Gasteiger partial charge is 0.169 e. The van der Waals surface area contributed by atoms with Gasteiger partial charge in [-0.3, -0.25) is 0 Å². The van der Waals surface area contributed by atoms with E-state index in [0.717, 1.165) is 35.1 Å². The van der Waals surface area contributed by atoms with E-state index in [1.54, 1.807) is 30.3 Å². The van der Waals surface area contributed by atoms with Crippen LogP contribution in [0.3, 0.4) is 0 Å². The Hall–Kier alpha value is -4.12. The summed E-state index contributed by atoms with van der Waals surface area (Å²) in [5.74, 6) is 1.43. The summed E-state index contributed by atoms with van der Waals surface area (Å²) in [5, 5.41) is 39.0.